The number of rotatable bonds is 3. The van der Waals surface area contributed by atoms with Gasteiger partial charge in [-0.25, -0.2) is 0 Å². The van der Waals surface area contributed by atoms with Gasteiger partial charge in [-0.2, -0.15) is 0 Å². The molecule has 2 fully saturated rings. The average Bonchev–Trinajstić information content (AvgIpc) is 2.76. The van der Waals surface area contributed by atoms with Gasteiger partial charge in [0.25, 0.3) is 5.91 Å². The van der Waals surface area contributed by atoms with E-state index in [0.717, 1.165) is 23.6 Å². The first-order valence-electron chi connectivity index (χ1n) is 7.68. The molecule has 1 aromatic rings. The molecule has 1 aromatic carbocycles. The van der Waals surface area contributed by atoms with Crippen LogP contribution in [0.4, 0.5) is 0 Å². The summed E-state index contributed by atoms with van der Waals surface area (Å²) in [6.07, 6.45) is 5.67. The normalized spacial score (nSPS) is 21.9. The van der Waals surface area contributed by atoms with Crippen molar-refractivity contribution in [3.63, 3.8) is 0 Å². The van der Waals surface area contributed by atoms with Crippen molar-refractivity contribution < 1.29 is 4.79 Å². The van der Waals surface area contributed by atoms with Crippen LogP contribution in [0.2, 0.25) is 0 Å². The Balaban J connectivity index is 1.73. The Kier molecular flexibility index (Phi) is 4.96. The highest BCUT2D eigenvalue weighted by molar-refractivity contribution is 8.26. The summed E-state index contributed by atoms with van der Waals surface area (Å²) in [5.74, 6) is 0.0436. The lowest BCUT2D eigenvalue weighted by molar-refractivity contribution is -0.123. The SMILES string of the molecule is Cc1cccc(/C=C2\SC(=S)N(CN3CCCCC3)C2=O)c1. The van der Waals surface area contributed by atoms with E-state index in [9.17, 15) is 4.79 Å². The molecule has 0 aliphatic carbocycles. The van der Waals surface area contributed by atoms with Gasteiger partial charge >= 0.3 is 0 Å². The fourth-order valence-electron chi connectivity index (χ4n) is 2.83. The van der Waals surface area contributed by atoms with Gasteiger partial charge in [-0.05, 0) is 44.5 Å². The van der Waals surface area contributed by atoms with Gasteiger partial charge in [-0.15, -0.1) is 0 Å². The number of piperidine rings is 1. The standard InChI is InChI=1S/C17H20N2OS2/c1-13-6-5-7-14(10-13)11-15-16(20)19(17(21)22-15)12-18-8-3-2-4-9-18/h5-7,10-11H,2-4,8-9,12H2,1H3/b15-11-. The number of nitrogens with zero attached hydrogens (tertiary/aromatic N) is 2. The van der Waals surface area contributed by atoms with Crippen molar-refractivity contribution >= 4 is 40.3 Å². The van der Waals surface area contributed by atoms with E-state index in [0.29, 0.717) is 11.0 Å². The van der Waals surface area contributed by atoms with Crippen LogP contribution >= 0.6 is 24.0 Å². The van der Waals surface area contributed by atoms with E-state index in [1.165, 1.54) is 36.6 Å². The smallest absolute Gasteiger partial charge is 0.267 e. The number of carbonyl (C=O) groups is 1. The monoisotopic (exact) mass is 332 g/mol. The number of thiocarbonyl (C=S) groups is 1. The minimum absolute atomic E-state index is 0.0436. The third-order valence-electron chi connectivity index (χ3n) is 4.00. The van der Waals surface area contributed by atoms with Crippen molar-refractivity contribution in [3.8, 4) is 0 Å². The number of amides is 1. The fourth-order valence-corrected chi connectivity index (χ4v) is 4.08. The van der Waals surface area contributed by atoms with Crippen molar-refractivity contribution in [2.45, 2.75) is 26.2 Å². The number of benzene rings is 1. The Morgan fingerprint density at radius 1 is 1.27 bits per heavy atom. The number of thioether (sulfide) groups is 1. The maximum atomic E-state index is 12.6. The zero-order valence-electron chi connectivity index (χ0n) is 12.7. The minimum Gasteiger partial charge on any atom is -0.286 e. The first-order chi connectivity index (χ1) is 10.6. The van der Waals surface area contributed by atoms with Crippen LogP contribution in [-0.2, 0) is 4.79 Å². The van der Waals surface area contributed by atoms with Gasteiger partial charge in [0.15, 0.2) is 0 Å². The van der Waals surface area contributed by atoms with E-state index in [2.05, 4.69) is 24.0 Å². The molecule has 0 N–H and O–H groups in total. The van der Waals surface area contributed by atoms with Crippen molar-refractivity contribution in [3.05, 3.63) is 40.3 Å². The molecule has 0 atom stereocenters. The average molecular weight is 332 g/mol. The number of aryl methyl sites for hydroxylation is 1. The van der Waals surface area contributed by atoms with Gasteiger partial charge in [0.05, 0.1) is 11.6 Å². The van der Waals surface area contributed by atoms with Crippen LogP contribution in [0, 0.1) is 6.92 Å². The second-order valence-corrected chi connectivity index (χ2v) is 7.52. The van der Waals surface area contributed by atoms with Crippen molar-refractivity contribution in [1.82, 2.24) is 9.80 Å². The molecule has 1 amide bonds. The Bertz CT molecular complexity index is 621. The highest BCUT2D eigenvalue weighted by Crippen LogP contribution is 2.33. The zero-order valence-corrected chi connectivity index (χ0v) is 14.4. The quantitative estimate of drug-likeness (QED) is 0.623. The first kappa shape index (κ1) is 15.7. The van der Waals surface area contributed by atoms with Gasteiger partial charge in [0.1, 0.15) is 4.32 Å². The van der Waals surface area contributed by atoms with Crippen LogP contribution in [0.1, 0.15) is 30.4 Å². The van der Waals surface area contributed by atoms with Gasteiger partial charge in [-0.1, -0.05) is 60.2 Å². The Morgan fingerprint density at radius 3 is 2.77 bits per heavy atom. The molecule has 116 valence electrons. The molecule has 2 aliphatic rings. The molecule has 3 nitrogen and oxygen atoms in total. The molecule has 0 spiro atoms. The summed E-state index contributed by atoms with van der Waals surface area (Å²) in [6, 6.07) is 8.16. The topological polar surface area (TPSA) is 23.6 Å². The molecule has 2 saturated heterocycles. The van der Waals surface area contributed by atoms with E-state index in [1.54, 1.807) is 4.90 Å². The van der Waals surface area contributed by atoms with Crippen molar-refractivity contribution in [2.75, 3.05) is 19.8 Å². The molecular formula is C17H20N2OS2. The molecule has 0 unspecified atom stereocenters. The summed E-state index contributed by atoms with van der Waals surface area (Å²) in [5.41, 5.74) is 2.25. The molecule has 2 aliphatic heterocycles. The summed E-state index contributed by atoms with van der Waals surface area (Å²) < 4.78 is 0.675. The van der Waals surface area contributed by atoms with Crippen molar-refractivity contribution in [2.24, 2.45) is 0 Å². The van der Waals surface area contributed by atoms with Crippen LogP contribution in [0.25, 0.3) is 6.08 Å². The van der Waals surface area contributed by atoms with Crippen LogP contribution in [0.3, 0.4) is 0 Å². The van der Waals surface area contributed by atoms with E-state index in [1.807, 2.05) is 18.2 Å². The second kappa shape index (κ2) is 6.94. The second-order valence-electron chi connectivity index (χ2n) is 5.84. The van der Waals surface area contributed by atoms with Crippen LogP contribution in [0.15, 0.2) is 29.2 Å². The maximum Gasteiger partial charge on any atom is 0.267 e. The Labute approximate surface area is 141 Å². The third kappa shape index (κ3) is 3.59. The van der Waals surface area contributed by atoms with Gasteiger partial charge < -0.3 is 0 Å². The molecule has 0 bridgehead atoms. The van der Waals surface area contributed by atoms with Gasteiger partial charge in [0, 0.05) is 0 Å². The summed E-state index contributed by atoms with van der Waals surface area (Å²) in [6.45, 7) is 4.82. The number of likely N-dealkylation sites (tertiary alicyclic amines) is 1. The molecule has 0 saturated carbocycles. The van der Waals surface area contributed by atoms with Crippen molar-refractivity contribution in [1.29, 1.82) is 0 Å². The highest BCUT2D eigenvalue weighted by Gasteiger charge is 2.33. The molecule has 22 heavy (non-hydrogen) atoms. The van der Waals surface area contributed by atoms with Crippen LogP contribution < -0.4 is 0 Å². The molecule has 0 aromatic heterocycles. The molecule has 3 rings (SSSR count). The van der Waals surface area contributed by atoms with E-state index < -0.39 is 0 Å². The largest absolute Gasteiger partial charge is 0.286 e. The summed E-state index contributed by atoms with van der Waals surface area (Å²) in [7, 11) is 0. The van der Waals surface area contributed by atoms with E-state index in [-0.39, 0.29) is 5.91 Å². The number of carbonyl (C=O) groups excluding carboxylic acids is 1. The Morgan fingerprint density at radius 2 is 2.05 bits per heavy atom. The van der Waals surface area contributed by atoms with E-state index >= 15 is 0 Å². The zero-order chi connectivity index (χ0) is 15.5. The minimum atomic E-state index is 0.0436. The van der Waals surface area contributed by atoms with Gasteiger partial charge in [-0.3, -0.25) is 14.6 Å². The molecular weight excluding hydrogens is 312 g/mol. The van der Waals surface area contributed by atoms with E-state index in [4.69, 9.17) is 12.2 Å². The lowest BCUT2D eigenvalue weighted by atomic mass is 10.1. The summed E-state index contributed by atoms with van der Waals surface area (Å²) in [5, 5.41) is 0. The summed E-state index contributed by atoms with van der Waals surface area (Å²) in [4.78, 5) is 17.4. The lowest BCUT2D eigenvalue weighted by Crippen LogP contribution is -2.42. The molecule has 5 heteroatoms. The molecule has 0 radical (unpaired) electrons. The first-order valence-corrected chi connectivity index (χ1v) is 8.90. The van der Waals surface area contributed by atoms with Crippen LogP contribution in [-0.4, -0.2) is 39.8 Å². The van der Waals surface area contributed by atoms with Crippen LogP contribution in [0.5, 0.6) is 0 Å². The lowest BCUT2D eigenvalue weighted by Gasteiger charge is -2.29. The van der Waals surface area contributed by atoms with Gasteiger partial charge in [0.2, 0.25) is 0 Å². The highest BCUT2D eigenvalue weighted by atomic mass is 32.2. The number of hydrogen-bond donors (Lipinski definition) is 0. The number of hydrogen-bond acceptors (Lipinski definition) is 4. The molecule has 2 heterocycles. The third-order valence-corrected chi connectivity index (χ3v) is 5.38. The summed E-state index contributed by atoms with van der Waals surface area (Å²) >= 11 is 6.82. The fraction of sp³-hybridized carbons (Fsp3) is 0.412. The predicted molar refractivity (Wildman–Crippen MR) is 96.5 cm³/mol. The maximum absolute atomic E-state index is 12.6. The predicted octanol–water partition coefficient (Wildman–Crippen LogP) is 3.64. The Hall–Kier alpha value is -1.17.